The molecule has 0 bridgehead atoms. The lowest BCUT2D eigenvalue weighted by Gasteiger charge is -2.13. The van der Waals surface area contributed by atoms with Crippen LogP contribution in [0, 0.1) is 18.7 Å². The van der Waals surface area contributed by atoms with Gasteiger partial charge in [0, 0.05) is 6.04 Å². The van der Waals surface area contributed by atoms with E-state index >= 15 is 0 Å². The number of aryl methyl sites for hydroxylation is 1. The van der Waals surface area contributed by atoms with Crippen LogP contribution < -0.4 is 5.32 Å². The molecule has 4 nitrogen and oxygen atoms in total. The Balaban J connectivity index is 2.02. The lowest BCUT2D eigenvalue weighted by atomic mass is 10.1. The molecule has 2 atom stereocenters. The zero-order valence-electron chi connectivity index (χ0n) is 10.6. The molecule has 0 spiro atoms. The molecule has 0 saturated heterocycles. The molecule has 0 heterocycles. The van der Waals surface area contributed by atoms with Gasteiger partial charge in [-0.05, 0) is 38.3 Å². The molecule has 0 aromatic heterocycles. The molecule has 1 saturated carbocycles. The minimum Gasteiger partial charge on any atom is -0.481 e. The second-order valence-electron chi connectivity index (χ2n) is 5.00. The molecule has 1 aromatic carbocycles. The van der Waals surface area contributed by atoms with E-state index < -0.39 is 23.6 Å². The van der Waals surface area contributed by atoms with Gasteiger partial charge < -0.3 is 10.4 Å². The van der Waals surface area contributed by atoms with E-state index in [1.54, 1.807) is 13.0 Å². The molecule has 1 fully saturated rings. The van der Waals surface area contributed by atoms with Crippen LogP contribution in [0.25, 0.3) is 0 Å². The van der Waals surface area contributed by atoms with Crippen LogP contribution in [0.15, 0.2) is 18.2 Å². The van der Waals surface area contributed by atoms with Gasteiger partial charge in [-0.1, -0.05) is 11.6 Å². The second-order valence-corrected chi connectivity index (χ2v) is 5.00. The Kier molecular flexibility index (Phi) is 3.83. The number of nitrogens with one attached hydrogen (secondary N) is 1. The van der Waals surface area contributed by atoms with Gasteiger partial charge in [-0.2, -0.15) is 0 Å². The third-order valence-electron chi connectivity index (χ3n) is 3.48. The van der Waals surface area contributed by atoms with Crippen LogP contribution in [-0.2, 0) is 4.79 Å². The van der Waals surface area contributed by atoms with E-state index in [1.165, 1.54) is 12.1 Å². The Hall–Kier alpha value is -1.91. The SMILES string of the molecule is Cc1ccc(F)c(C(=O)N[C@H]2CC[C@@H](C(=O)O)C2)c1. The third-order valence-corrected chi connectivity index (χ3v) is 3.48. The quantitative estimate of drug-likeness (QED) is 0.879. The fraction of sp³-hybridized carbons (Fsp3) is 0.429. The van der Waals surface area contributed by atoms with Crippen LogP contribution >= 0.6 is 0 Å². The summed E-state index contributed by atoms with van der Waals surface area (Å²) in [6.07, 6.45) is 1.58. The molecule has 1 aromatic rings. The Morgan fingerprint density at radius 2 is 2.11 bits per heavy atom. The second kappa shape index (κ2) is 5.38. The summed E-state index contributed by atoms with van der Waals surface area (Å²) in [5.41, 5.74) is 0.820. The van der Waals surface area contributed by atoms with Crippen molar-refractivity contribution in [3.8, 4) is 0 Å². The predicted octanol–water partition coefficient (Wildman–Crippen LogP) is 2.12. The molecule has 0 aliphatic heterocycles. The van der Waals surface area contributed by atoms with Crippen molar-refractivity contribution in [2.45, 2.75) is 32.2 Å². The number of hydrogen-bond acceptors (Lipinski definition) is 2. The van der Waals surface area contributed by atoms with E-state index in [0.29, 0.717) is 19.3 Å². The summed E-state index contributed by atoms with van der Waals surface area (Å²) in [6, 6.07) is 4.17. The number of carbonyl (C=O) groups excluding carboxylic acids is 1. The molecule has 2 rings (SSSR count). The van der Waals surface area contributed by atoms with Crippen LogP contribution in [0.1, 0.15) is 35.2 Å². The van der Waals surface area contributed by atoms with Gasteiger partial charge in [0.15, 0.2) is 0 Å². The molecular weight excluding hydrogens is 249 g/mol. The number of halogens is 1. The first-order valence-corrected chi connectivity index (χ1v) is 6.27. The molecule has 0 radical (unpaired) electrons. The number of carboxylic acid groups (broad SMARTS) is 1. The monoisotopic (exact) mass is 265 g/mol. The third kappa shape index (κ3) is 3.10. The van der Waals surface area contributed by atoms with Gasteiger partial charge in [-0.25, -0.2) is 4.39 Å². The Morgan fingerprint density at radius 3 is 2.74 bits per heavy atom. The Labute approximate surface area is 110 Å². The molecular formula is C14H16FNO3. The lowest BCUT2D eigenvalue weighted by molar-refractivity contribution is -0.141. The summed E-state index contributed by atoms with van der Waals surface area (Å²) < 4.78 is 13.5. The van der Waals surface area contributed by atoms with Crippen LogP contribution in [0.4, 0.5) is 4.39 Å². The first kappa shape index (κ1) is 13.5. The van der Waals surface area contributed by atoms with Crippen molar-refractivity contribution in [2.24, 2.45) is 5.92 Å². The maximum Gasteiger partial charge on any atom is 0.306 e. The number of amides is 1. The van der Waals surface area contributed by atoms with Crippen molar-refractivity contribution < 1.29 is 19.1 Å². The van der Waals surface area contributed by atoms with Crippen LogP contribution in [-0.4, -0.2) is 23.0 Å². The van der Waals surface area contributed by atoms with Crippen molar-refractivity contribution in [3.63, 3.8) is 0 Å². The smallest absolute Gasteiger partial charge is 0.306 e. The average Bonchev–Trinajstić information content (AvgIpc) is 2.80. The number of hydrogen-bond donors (Lipinski definition) is 2. The predicted molar refractivity (Wildman–Crippen MR) is 67.4 cm³/mol. The summed E-state index contributed by atoms with van der Waals surface area (Å²) in [6.45, 7) is 1.78. The summed E-state index contributed by atoms with van der Waals surface area (Å²) in [5.74, 6) is -2.28. The fourth-order valence-corrected chi connectivity index (χ4v) is 2.41. The van der Waals surface area contributed by atoms with E-state index in [2.05, 4.69) is 5.32 Å². The molecule has 1 aliphatic rings. The van der Waals surface area contributed by atoms with Crippen molar-refractivity contribution >= 4 is 11.9 Å². The minimum atomic E-state index is -0.835. The van der Waals surface area contributed by atoms with Crippen molar-refractivity contribution in [1.29, 1.82) is 0 Å². The lowest BCUT2D eigenvalue weighted by Crippen LogP contribution is -2.33. The molecule has 0 unspecified atom stereocenters. The number of carboxylic acids is 1. The van der Waals surface area contributed by atoms with Gasteiger partial charge in [0.1, 0.15) is 5.82 Å². The first-order chi connectivity index (χ1) is 8.97. The number of benzene rings is 1. The molecule has 102 valence electrons. The van der Waals surface area contributed by atoms with E-state index in [1.807, 2.05) is 0 Å². The van der Waals surface area contributed by atoms with E-state index in [-0.39, 0.29) is 11.6 Å². The molecule has 19 heavy (non-hydrogen) atoms. The standard InChI is InChI=1S/C14H16FNO3/c1-8-2-5-12(15)11(6-8)13(17)16-10-4-3-9(7-10)14(18)19/h2,5-6,9-10H,3-4,7H2,1H3,(H,16,17)(H,18,19)/t9-,10+/m1/s1. The van der Waals surface area contributed by atoms with E-state index in [4.69, 9.17) is 5.11 Å². The highest BCUT2D eigenvalue weighted by atomic mass is 19.1. The number of rotatable bonds is 3. The molecule has 2 N–H and O–H groups in total. The summed E-state index contributed by atoms with van der Waals surface area (Å²) >= 11 is 0. The van der Waals surface area contributed by atoms with Gasteiger partial charge >= 0.3 is 5.97 Å². The molecule has 5 heteroatoms. The minimum absolute atomic E-state index is 0.0128. The van der Waals surface area contributed by atoms with E-state index in [9.17, 15) is 14.0 Å². The van der Waals surface area contributed by atoms with Crippen molar-refractivity contribution in [3.05, 3.63) is 35.1 Å². The van der Waals surface area contributed by atoms with Crippen LogP contribution in [0.2, 0.25) is 0 Å². The average molecular weight is 265 g/mol. The largest absolute Gasteiger partial charge is 0.481 e. The topological polar surface area (TPSA) is 66.4 Å². The van der Waals surface area contributed by atoms with Crippen molar-refractivity contribution in [1.82, 2.24) is 5.32 Å². The fourth-order valence-electron chi connectivity index (χ4n) is 2.41. The van der Waals surface area contributed by atoms with Gasteiger partial charge in [-0.15, -0.1) is 0 Å². The maximum absolute atomic E-state index is 13.5. The summed E-state index contributed by atoms with van der Waals surface area (Å²) in [4.78, 5) is 22.8. The Morgan fingerprint density at radius 1 is 1.37 bits per heavy atom. The van der Waals surface area contributed by atoms with Gasteiger partial charge in [-0.3, -0.25) is 9.59 Å². The number of carbonyl (C=O) groups is 2. The Bertz CT molecular complexity index is 515. The van der Waals surface area contributed by atoms with Gasteiger partial charge in [0.05, 0.1) is 11.5 Å². The zero-order chi connectivity index (χ0) is 14.0. The van der Waals surface area contributed by atoms with Gasteiger partial charge in [0.25, 0.3) is 5.91 Å². The van der Waals surface area contributed by atoms with Crippen LogP contribution in [0.5, 0.6) is 0 Å². The molecule has 1 aliphatic carbocycles. The highest BCUT2D eigenvalue weighted by molar-refractivity contribution is 5.94. The molecule has 1 amide bonds. The van der Waals surface area contributed by atoms with Crippen molar-refractivity contribution in [2.75, 3.05) is 0 Å². The van der Waals surface area contributed by atoms with Gasteiger partial charge in [0.2, 0.25) is 0 Å². The highest BCUT2D eigenvalue weighted by Crippen LogP contribution is 2.26. The number of aliphatic carboxylic acids is 1. The highest BCUT2D eigenvalue weighted by Gasteiger charge is 2.31. The normalized spacial score (nSPS) is 22.2. The van der Waals surface area contributed by atoms with E-state index in [0.717, 1.165) is 5.56 Å². The summed E-state index contributed by atoms with van der Waals surface area (Å²) in [5, 5.41) is 11.6. The van der Waals surface area contributed by atoms with Crippen LogP contribution in [0.3, 0.4) is 0 Å². The maximum atomic E-state index is 13.5. The summed E-state index contributed by atoms with van der Waals surface area (Å²) in [7, 11) is 0. The zero-order valence-corrected chi connectivity index (χ0v) is 10.6. The first-order valence-electron chi connectivity index (χ1n) is 6.27.